The molecule has 3 aromatic rings. The van der Waals surface area contributed by atoms with Crippen LogP contribution in [0.15, 0.2) is 76.3 Å². The molecule has 0 N–H and O–H groups in total. The Hall–Kier alpha value is -2.47. The first kappa shape index (κ1) is 12.6. The van der Waals surface area contributed by atoms with Gasteiger partial charge in [0.2, 0.25) is 0 Å². The third-order valence-electron chi connectivity index (χ3n) is 2.74. The molecule has 0 aliphatic heterocycles. The minimum Gasteiger partial charge on any atom is -0.308 e. The van der Waals surface area contributed by atoms with E-state index in [1.807, 2.05) is 18.3 Å². The van der Waals surface area contributed by atoms with Crippen molar-refractivity contribution in [1.82, 2.24) is 9.38 Å². The van der Waals surface area contributed by atoms with Gasteiger partial charge in [0, 0.05) is 18.5 Å². The molecule has 20 heavy (non-hydrogen) atoms. The number of rotatable bonds is 2. The highest BCUT2D eigenvalue weighted by atomic mass is 32.2. The number of aromatic nitrogens is 2. The highest BCUT2D eigenvalue weighted by molar-refractivity contribution is 7.90. The van der Waals surface area contributed by atoms with E-state index in [-0.39, 0.29) is 10.4 Å². The van der Waals surface area contributed by atoms with Crippen molar-refractivity contribution in [3.63, 3.8) is 0 Å². The topological polar surface area (TPSA) is 63.8 Å². The summed E-state index contributed by atoms with van der Waals surface area (Å²) in [6.45, 7) is 0. The summed E-state index contributed by atoms with van der Waals surface area (Å²) in [5.74, 6) is 0. The molecule has 0 aliphatic carbocycles. The summed E-state index contributed by atoms with van der Waals surface area (Å²) in [6, 6.07) is 15.1. The Balaban J connectivity index is 2.15. The number of sulfonamides is 1. The van der Waals surface area contributed by atoms with Crippen molar-refractivity contribution in [3.05, 3.63) is 72.5 Å². The third kappa shape index (κ3) is 2.46. The zero-order chi connectivity index (χ0) is 14.0. The van der Waals surface area contributed by atoms with E-state index in [9.17, 15) is 8.42 Å². The average molecular weight is 285 g/mol. The molecular weight excluding hydrogens is 274 g/mol. The van der Waals surface area contributed by atoms with E-state index in [0.717, 1.165) is 0 Å². The molecule has 0 atom stereocenters. The van der Waals surface area contributed by atoms with Gasteiger partial charge in [0.15, 0.2) is 5.49 Å². The molecule has 0 amide bonds. The number of benzene rings is 1. The second kappa shape index (κ2) is 4.90. The van der Waals surface area contributed by atoms with Gasteiger partial charge in [-0.15, -0.1) is 4.40 Å². The van der Waals surface area contributed by atoms with Crippen molar-refractivity contribution >= 4 is 15.7 Å². The SMILES string of the molecule is O=S(=O)(/N=c1\ccn2ccccc2n1)c1ccccc1. The predicted octanol–water partition coefficient (Wildman–Crippen LogP) is 1.62. The number of nitrogens with zero attached hydrogens (tertiary/aromatic N) is 3. The van der Waals surface area contributed by atoms with Crippen LogP contribution in [0.3, 0.4) is 0 Å². The quantitative estimate of drug-likeness (QED) is 0.719. The van der Waals surface area contributed by atoms with Gasteiger partial charge in [-0.3, -0.25) is 0 Å². The zero-order valence-electron chi connectivity index (χ0n) is 10.4. The third-order valence-corrected chi connectivity index (χ3v) is 4.03. The predicted molar refractivity (Wildman–Crippen MR) is 74.4 cm³/mol. The summed E-state index contributed by atoms with van der Waals surface area (Å²) >= 11 is 0. The van der Waals surface area contributed by atoms with Gasteiger partial charge in [-0.1, -0.05) is 24.3 Å². The van der Waals surface area contributed by atoms with Crippen molar-refractivity contribution in [2.45, 2.75) is 4.90 Å². The first-order chi connectivity index (χ1) is 9.65. The van der Waals surface area contributed by atoms with E-state index < -0.39 is 10.0 Å². The van der Waals surface area contributed by atoms with Crippen molar-refractivity contribution in [3.8, 4) is 0 Å². The smallest absolute Gasteiger partial charge is 0.284 e. The second-order valence-electron chi connectivity index (χ2n) is 4.13. The van der Waals surface area contributed by atoms with Crippen LogP contribution < -0.4 is 5.49 Å². The minimum absolute atomic E-state index is 0.155. The zero-order valence-corrected chi connectivity index (χ0v) is 11.2. The average Bonchev–Trinajstić information content (AvgIpc) is 2.48. The van der Waals surface area contributed by atoms with Crippen LogP contribution in [-0.4, -0.2) is 17.8 Å². The molecule has 0 unspecified atom stereocenters. The summed E-state index contributed by atoms with van der Waals surface area (Å²) in [7, 11) is -3.73. The molecule has 2 heterocycles. The van der Waals surface area contributed by atoms with Gasteiger partial charge >= 0.3 is 0 Å². The fourth-order valence-electron chi connectivity index (χ4n) is 1.79. The highest BCUT2D eigenvalue weighted by Gasteiger charge is 2.11. The maximum absolute atomic E-state index is 12.1. The first-order valence-corrected chi connectivity index (χ1v) is 7.39. The maximum Gasteiger partial charge on any atom is 0.284 e. The molecule has 2 aromatic heterocycles. The van der Waals surface area contributed by atoms with Crippen molar-refractivity contribution in [2.24, 2.45) is 4.40 Å². The lowest BCUT2D eigenvalue weighted by atomic mass is 10.4. The van der Waals surface area contributed by atoms with Crippen LogP contribution in [-0.2, 0) is 10.0 Å². The van der Waals surface area contributed by atoms with Crippen LogP contribution in [0.4, 0.5) is 0 Å². The van der Waals surface area contributed by atoms with Crippen molar-refractivity contribution in [1.29, 1.82) is 0 Å². The number of fused-ring (bicyclic) bond motifs is 1. The van der Waals surface area contributed by atoms with E-state index in [4.69, 9.17) is 0 Å². The molecule has 0 saturated heterocycles. The molecule has 0 spiro atoms. The largest absolute Gasteiger partial charge is 0.308 e. The molecular formula is C14H11N3O2S. The van der Waals surface area contributed by atoms with E-state index >= 15 is 0 Å². The molecule has 1 aromatic carbocycles. The van der Waals surface area contributed by atoms with Crippen LogP contribution in [0.2, 0.25) is 0 Å². The molecule has 0 fully saturated rings. The lowest BCUT2D eigenvalue weighted by Crippen LogP contribution is -2.13. The Morgan fingerprint density at radius 1 is 0.900 bits per heavy atom. The minimum atomic E-state index is -3.73. The molecule has 5 nitrogen and oxygen atoms in total. The van der Waals surface area contributed by atoms with Gasteiger partial charge < -0.3 is 4.40 Å². The number of hydrogen-bond acceptors (Lipinski definition) is 3. The molecule has 0 aliphatic rings. The number of hydrogen-bond donors (Lipinski definition) is 0. The summed E-state index contributed by atoms with van der Waals surface area (Å²) in [5.41, 5.74) is 0.803. The van der Waals surface area contributed by atoms with E-state index in [0.29, 0.717) is 5.65 Å². The normalized spacial score (nSPS) is 12.7. The Bertz CT molecular complexity index is 916. The monoisotopic (exact) mass is 285 g/mol. The standard InChI is InChI=1S/C14H11N3O2S/c18-20(19,12-6-2-1-3-7-12)16-13-9-11-17-10-5-4-8-14(17)15-13/h1-11H/b16-13+. The second-order valence-corrected chi connectivity index (χ2v) is 5.74. The van der Waals surface area contributed by atoms with Crippen LogP contribution in [0.1, 0.15) is 0 Å². The van der Waals surface area contributed by atoms with Gasteiger partial charge in [0.05, 0.1) is 4.90 Å². The van der Waals surface area contributed by atoms with E-state index in [1.54, 1.807) is 40.9 Å². The van der Waals surface area contributed by atoms with Gasteiger partial charge in [0.1, 0.15) is 5.65 Å². The fraction of sp³-hybridized carbons (Fsp3) is 0. The molecule has 0 radical (unpaired) electrons. The van der Waals surface area contributed by atoms with E-state index in [1.165, 1.54) is 12.1 Å². The van der Waals surface area contributed by atoms with E-state index in [2.05, 4.69) is 9.38 Å². The summed E-state index contributed by atoms with van der Waals surface area (Å²) < 4.78 is 29.8. The lowest BCUT2D eigenvalue weighted by Gasteiger charge is -1.99. The summed E-state index contributed by atoms with van der Waals surface area (Å²) in [6.07, 6.45) is 3.56. The lowest BCUT2D eigenvalue weighted by molar-refractivity contribution is 0.596. The molecule has 6 heteroatoms. The van der Waals surface area contributed by atoms with Gasteiger partial charge in [0.25, 0.3) is 10.0 Å². The molecule has 0 bridgehead atoms. The van der Waals surface area contributed by atoms with Crippen LogP contribution in [0, 0.1) is 0 Å². The molecule has 0 saturated carbocycles. The van der Waals surface area contributed by atoms with Crippen LogP contribution in [0.25, 0.3) is 5.65 Å². The number of pyridine rings is 1. The van der Waals surface area contributed by atoms with Crippen LogP contribution >= 0.6 is 0 Å². The first-order valence-electron chi connectivity index (χ1n) is 5.95. The van der Waals surface area contributed by atoms with Gasteiger partial charge in [-0.2, -0.15) is 8.42 Å². The van der Waals surface area contributed by atoms with Gasteiger partial charge in [-0.05, 0) is 24.3 Å². The Labute approximate surface area is 115 Å². The Morgan fingerprint density at radius 2 is 1.65 bits per heavy atom. The van der Waals surface area contributed by atoms with Crippen molar-refractivity contribution in [2.75, 3.05) is 0 Å². The summed E-state index contributed by atoms with van der Waals surface area (Å²) in [5, 5.41) is 0. The van der Waals surface area contributed by atoms with Crippen molar-refractivity contribution < 1.29 is 8.42 Å². The Kier molecular flexibility index (Phi) is 3.08. The summed E-state index contributed by atoms with van der Waals surface area (Å²) in [4.78, 5) is 4.36. The van der Waals surface area contributed by atoms with Gasteiger partial charge in [-0.25, -0.2) is 4.98 Å². The maximum atomic E-state index is 12.1. The highest BCUT2D eigenvalue weighted by Crippen LogP contribution is 2.09. The molecule has 3 rings (SSSR count). The van der Waals surface area contributed by atoms with Crippen LogP contribution in [0.5, 0.6) is 0 Å². The Morgan fingerprint density at radius 3 is 2.45 bits per heavy atom. The molecule has 100 valence electrons. The fourth-order valence-corrected chi connectivity index (χ4v) is 2.74.